The third-order valence-electron chi connectivity index (χ3n) is 6.08. The Bertz CT molecular complexity index is 1390. The number of imidazole rings is 1. The van der Waals surface area contributed by atoms with Crippen molar-refractivity contribution in [3.05, 3.63) is 36.7 Å². The van der Waals surface area contributed by atoms with E-state index >= 15 is 4.39 Å². The van der Waals surface area contributed by atoms with E-state index in [0.717, 1.165) is 6.92 Å². The number of benzene rings is 1. The molecule has 0 unspecified atom stereocenters. The van der Waals surface area contributed by atoms with E-state index in [-0.39, 0.29) is 17.3 Å². The number of aliphatic hydroxyl groups is 1. The Kier molecular flexibility index (Phi) is 8.61. The molecule has 218 valence electrons. The number of carbonyl (C=O) groups is 1. The number of halogens is 1. The maximum atomic E-state index is 16.0. The van der Waals surface area contributed by atoms with Crippen LogP contribution in [0.3, 0.4) is 0 Å². The largest absolute Gasteiger partial charge is 0.462 e. The smallest absolute Gasteiger partial charge is 0.459 e. The lowest BCUT2D eigenvalue weighted by Crippen LogP contribution is -2.41. The van der Waals surface area contributed by atoms with Crippen molar-refractivity contribution < 1.29 is 37.4 Å². The monoisotopic (exact) mass is 581 g/mol. The lowest BCUT2D eigenvalue weighted by molar-refractivity contribution is -0.149. The molecule has 14 nitrogen and oxygen atoms in total. The highest BCUT2D eigenvalue weighted by Crippen LogP contribution is 2.48. The molecule has 0 amide bonds. The minimum atomic E-state index is -4.28. The fraction of sp³-hybridized carbons (Fsp3) is 0.500. The molecule has 1 saturated heterocycles. The number of anilines is 2. The van der Waals surface area contributed by atoms with Crippen LogP contribution < -0.4 is 20.7 Å². The average Bonchev–Trinajstić information content (AvgIpc) is 3.40. The van der Waals surface area contributed by atoms with Crippen LogP contribution in [0.1, 0.15) is 33.9 Å². The number of nitrogens with one attached hydrogen (secondary N) is 2. The Balaban J connectivity index is 1.56. The maximum Gasteiger partial charge on any atom is 0.459 e. The fourth-order valence-corrected chi connectivity index (χ4v) is 5.64. The normalized spacial score (nSPS) is 25.1. The lowest BCUT2D eigenvalue weighted by atomic mass is 9.98. The van der Waals surface area contributed by atoms with E-state index in [0.29, 0.717) is 11.3 Å². The standard InChI is InChI=1S/C24H33FN7O7P/c1-13(2)37-21(34)14(3)31-40(35,39-15-9-7-6-8-10-15)36-11-16-18(33)24(4,25)22(38-16)32-12-28-17-19(27-5)29-23(26)30-20(17)32/h6-10,12-14,16,18,22,33H,11H2,1-5H3,(H,31,35)(H3,26,27,29,30)/t14-,16+,18+,22+,24+,40+/m0/s1. The fourth-order valence-electron chi connectivity index (χ4n) is 4.14. The zero-order valence-electron chi connectivity index (χ0n) is 22.6. The number of hydrogen-bond acceptors (Lipinski definition) is 12. The van der Waals surface area contributed by atoms with Gasteiger partial charge in [-0.2, -0.15) is 15.1 Å². The molecule has 0 radical (unpaired) electrons. The molecule has 0 aliphatic carbocycles. The van der Waals surface area contributed by atoms with E-state index in [2.05, 4.69) is 25.4 Å². The van der Waals surface area contributed by atoms with E-state index in [1.807, 2.05) is 0 Å². The van der Waals surface area contributed by atoms with E-state index in [1.165, 1.54) is 17.8 Å². The van der Waals surface area contributed by atoms with Crippen molar-refractivity contribution >= 4 is 36.6 Å². The molecule has 6 atom stereocenters. The van der Waals surface area contributed by atoms with E-state index in [1.54, 1.807) is 51.2 Å². The first-order valence-corrected chi connectivity index (χ1v) is 14.1. The highest BCUT2D eigenvalue weighted by atomic mass is 31.2. The van der Waals surface area contributed by atoms with Gasteiger partial charge in [0.1, 0.15) is 24.0 Å². The number of carbonyl (C=O) groups excluding carboxylic acids is 1. The van der Waals surface area contributed by atoms with Crippen molar-refractivity contribution in [2.24, 2.45) is 0 Å². The van der Waals surface area contributed by atoms with Crippen LogP contribution in [0.5, 0.6) is 5.75 Å². The first kappa shape index (κ1) is 29.6. The number of nitrogen functional groups attached to an aromatic ring is 1. The van der Waals surface area contributed by atoms with Gasteiger partial charge in [0.05, 0.1) is 19.0 Å². The second kappa shape index (κ2) is 11.6. The minimum absolute atomic E-state index is 0.0761. The van der Waals surface area contributed by atoms with Crippen LogP contribution >= 0.6 is 7.75 Å². The van der Waals surface area contributed by atoms with Crippen molar-refractivity contribution in [2.45, 2.75) is 63.9 Å². The lowest BCUT2D eigenvalue weighted by Gasteiger charge is -2.25. The van der Waals surface area contributed by atoms with Crippen LogP contribution in [0.4, 0.5) is 16.2 Å². The summed E-state index contributed by atoms with van der Waals surface area (Å²) in [6, 6.07) is 7.05. The van der Waals surface area contributed by atoms with Crippen LogP contribution in [0.25, 0.3) is 11.2 Å². The van der Waals surface area contributed by atoms with Gasteiger partial charge in [0, 0.05) is 7.05 Å². The summed E-state index contributed by atoms with van der Waals surface area (Å²) >= 11 is 0. The summed E-state index contributed by atoms with van der Waals surface area (Å²) in [4.78, 5) is 24.8. The van der Waals surface area contributed by atoms with Gasteiger partial charge in [-0.15, -0.1) is 0 Å². The van der Waals surface area contributed by atoms with Gasteiger partial charge in [-0.3, -0.25) is 13.9 Å². The van der Waals surface area contributed by atoms with Crippen LogP contribution in [0, 0.1) is 0 Å². The van der Waals surface area contributed by atoms with Crippen LogP contribution in [0.15, 0.2) is 36.7 Å². The average molecular weight is 582 g/mol. The number of aliphatic hydroxyl groups excluding tert-OH is 1. The Morgan fingerprint density at radius 3 is 2.65 bits per heavy atom. The van der Waals surface area contributed by atoms with Crippen LogP contribution in [-0.2, 0) is 23.4 Å². The van der Waals surface area contributed by atoms with Gasteiger partial charge in [-0.25, -0.2) is 13.9 Å². The molecule has 2 aromatic heterocycles. The zero-order chi connectivity index (χ0) is 29.2. The van der Waals surface area contributed by atoms with Crippen molar-refractivity contribution in [3.63, 3.8) is 0 Å². The third-order valence-corrected chi connectivity index (χ3v) is 7.72. The quantitative estimate of drug-likeness (QED) is 0.191. The van der Waals surface area contributed by atoms with Crippen LogP contribution in [-0.4, -0.2) is 74.3 Å². The number of esters is 1. The van der Waals surface area contributed by atoms with E-state index < -0.39 is 56.6 Å². The van der Waals surface area contributed by atoms with Gasteiger partial charge >= 0.3 is 13.7 Å². The van der Waals surface area contributed by atoms with E-state index in [4.69, 9.17) is 24.3 Å². The predicted octanol–water partition coefficient (Wildman–Crippen LogP) is 2.57. The summed E-state index contributed by atoms with van der Waals surface area (Å²) in [6.45, 7) is 5.37. The summed E-state index contributed by atoms with van der Waals surface area (Å²) in [7, 11) is -2.66. The molecule has 1 aliphatic rings. The molecule has 1 aromatic carbocycles. The number of aromatic nitrogens is 4. The number of ether oxygens (including phenoxy) is 2. The number of hydrogen-bond donors (Lipinski definition) is 4. The van der Waals surface area contributed by atoms with Gasteiger partial charge in [0.15, 0.2) is 28.9 Å². The summed E-state index contributed by atoms with van der Waals surface area (Å²) in [6.07, 6.45) is -3.52. The zero-order valence-corrected chi connectivity index (χ0v) is 23.5. The van der Waals surface area contributed by atoms with Crippen molar-refractivity contribution in [1.29, 1.82) is 0 Å². The SMILES string of the molecule is CNc1nc(N)nc2c1ncn2[C@@H]1O[C@H](CO[P@](=O)(N[C@@H](C)C(=O)OC(C)C)Oc2ccccc2)[C@@H](O)[C@@]1(C)F. The van der Waals surface area contributed by atoms with Gasteiger partial charge in [0.25, 0.3) is 0 Å². The molecule has 0 saturated carbocycles. The maximum absolute atomic E-state index is 16.0. The number of nitrogens with two attached hydrogens (primary N) is 1. The Morgan fingerprint density at radius 1 is 1.30 bits per heavy atom. The highest BCUT2D eigenvalue weighted by molar-refractivity contribution is 7.52. The minimum Gasteiger partial charge on any atom is -0.462 e. The summed E-state index contributed by atoms with van der Waals surface area (Å²) in [5, 5.41) is 16.2. The van der Waals surface area contributed by atoms with Gasteiger partial charge in [0.2, 0.25) is 5.95 Å². The molecule has 3 aromatic rings. The number of fused-ring (bicyclic) bond motifs is 1. The summed E-state index contributed by atoms with van der Waals surface area (Å²) in [5.41, 5.74) is 3.94. The predicted molar refractivity (Wildman–Crippen MR) is 143 cm³/mol. The van der Waals surface area contributed by atoms with Crippen LogP contribution in [0.2, 0.25) is 0 Å². The molecular formula is C24H33FN7O7P. The first-order valence-electron chi connectivity index (χ1n) is 12.5. The molecule has 5 N–H and O–H groups in total. The topological polar surface area (TPSA) is 185 Å². The number of nitrogens with zero attached hydrogens (tertiary/aromatic N) is 4. The van der Waals surface area contributed by atoms with E-state index in [9.17, 15) is 14.5 Å². The second-order valence-electron chi connectivity index (χ2n) is 9.66. The molecule has 16 heteroatoms. The molecule has 1 aliphatic heterocycles. The second-order valence-corrected chi connectivity index (χ2v) is 11.4. The Labute approximate surface area is 230 Å². The van der Waals surface area contributed by atoms with Crippen molar-refractivity contribution in [3.8, 4) is 5.75 Å². The molecule has 4 rings (SSSR count). The number of alkyl halides is 1. The Morgan fingerprint density at radius 2 is 2.00 bits per heavy atom. The number of para-hydroxylation sites is 1. The molecule has 40 heavy (non-hydrogen) atoms. The molecule has 3 heterocycles. The summed E-state index contributed by atoms with van der Waals surface area (Å²) < 4.78 is 53.2. The van der Waals surface area contributed by atoms with Crippen molar-refractivity contribution in [1.82, 2.24) is 24.6 Å². The molecule has 0 spiro atoms. The molecular weight excluding hydrogens is 548 g/mol. The van der Waals surface area contributed by atoms with Gasteiger partial charge in [-0.1, -0.05) is 18.2 Å². The van der Waals surface area contributed by atoms with Crippen molar-refractivity contribution in [2.75, 3.05) is 24.7 Å². The molecule has 0 bridgehead atoms. The third kappa shape index (κ3) is 6.18. The van der Waals surface area contributed by atoms with Gasteiger partial charge in [-0.05, 0) is 39.8 Å². The molecule has 1 fully saturated rings. The Hall–Kier alpha value is -3.36. The van der Waals surface area contributed by atoms with Gasteiger partial charge < -0.3 is 30.2 Å². The highest BCUT2D eigenvalue weighted by Gasteiger charge is 2.56. The summed E-state index contributed by atoms with van der Waals surface area (Å²) in [5.74, 6) is -0.243. The first-order chi connectivity index (χ1) is 18.8. The number of rotatable bonds is 11.